The van der Waals surface area contributed by atoms with E-state index in [1.165, 1.54) is 19.3 Å². The molecular formula is C6H13N. The van der Waals surface area contributed by atoms with Gasteiger partial charge in [-0.05, 0) is 24.8 Å². The van der Waals surface area contributed by atoms with Crippen LogP contribution in [0.5, 0.6) is 0 Å². The molecule has 1 fully saturated rings. The Kier molecular flexibility index (Phi) is 1.08. The molecule has 0 atom stereocenters. The van der Waals surface area contributed by atoms with E-state index in [4.69, 9.17) is 5.73 Å². The van der Waals surface area contributed by atoms with E-state index >= 15 is 0 Å². The second kappa shape index (κ2) is 1.48. The van der Waals surface area contributed by atoms with Crippen molar-refractivity contribution in [2.24, 2.45) is 11.1 Å². The van der Waals surface area contributed by atoms with Gasteiger partial charge in [-0.15, -0.1) is 0 Å². The first-order valence-corrected chi connectivity index (χ1v) is 2.97. The lowest BCUT2D eigenvalue weighted by atomic mass is 9.71. The van der Waals surface area contributed by atoms with E-state index in [-0.39, 0.29) is 0 Å². The van der Waals surface area contributed by atoms with Crippen molar-refractivity contribution in [1.29, 1.82) is 0 Å². The van der Waals surface area contributed by atoms with Gasteiger partial charge in [-0.25, -0.2) is 0 Å². The van der Waals surface area contributed by atoms with Crippen LogP contribution in [0.3, 0.4) is 0 Å². The van der Waals surface area contributed by atoms with Crippen LogP contribution in [0, 0.1) is 5.41 Å². The first-order valence-electron chi connectivity index (χ1n) is 2.97. The molecule has 0 heterocycles. The van der Waals surface area contributed by atoms with E-state index < -0.39 is 0 Å². The summed E-state index contributed by atoms with van der Waals surface area (Å²) in [7, 11) is 0. The highest BCUT2D eigenvalue weighted by atomic mass is 14.6. The fourth-order valence-electron chi connectivity index (χ4n) is 0.984. The molecule has 1 heteroatoms. The van der Waals surface area contributed by atoms with Gasteiger partial charge < -0.3 is 5.73 Å². The predicted octanol–water partition coefficient (Wildman–Crippen LogP) is 1.14. The SMILES string of the molecule is CC1(CN)CCC1. The van der Waals surface area contributed by atoms with Crippen molar-refractivity contribution in [1.82, 2.24) is 0 Å². The fourth-order valence-corrected chi connectivity index (χ4v) is 0.984. The van der Waals surface area contributed by atoms with Crippen LogP contribution in [0.4, 0.5) is 0 Å². The highest BCUT2D eigenvalue weighted by molar-refractivity contribution is 4.83. The molecule has 0 aromatic rings. The van der Waals surface area contributed by atoms with Crippen LogP contribution in [0.1, 0.15) is 26.2 Å². The van der Waals surface area contributed by atoms with Gasteiger partial charge in [0.2, 0.25) is 0 Å². The Morgan fingerprint density at radius 2 is 2.14 bits per heavy atom. The van der Waals surface area contributed by atoms with E-state index in [9.17, 15) is 0 Å². The average Bonchev–Trinajstić information content (AvgIpc) is 1.61. The fraction of sp³-hybridized carbons (Fsp3) is 1.00. The van der Waals surface area contributed by atoms with Gasteiger partial charge in [-0.3, -0.25) is 0 Å². The summed E-state index contributed by atoms with van der Waals surface area (Å²) in [6.45, 7) is 3.14. The van der Waals surface area contributed by atoms with Crippen LogP contribution in [-0.4, -0.2) is 6.54 Å². The van der Waals surface area contributed by atoms with Crippen LogP contribution < -0.4 is 5.73 Å². The van der Waals surface area contributed by atoms with Gasteiger partial charge >= 0.3 is 0 Å². The van der Waals surface area contributed by atoms with E-state index in [0.29, 0.717) is 5.41 Å². The summed E-state index contributed by atoms with van der Waals surface area (Å²) >= 11 is 0. The van der Waals surface area contributed by atoms with Gasteiger partial charge in [-0.2, -0.15) is 0 Å². The molecule has 0 radical (unpaired) electrons. The Hall–Kier alpha value is -0.0400. The minimum absolute atomic E-state index is 0.542. The third-order valence-corrected chi connectivity index (χ3v) is 2.05. The summed E-state index contributed by atoms with van der Waals surface area (Å²) < 4.78 is 0. The smallest absolute Gasteiger partial charge is 0.00232 e. The lowest BCUT2D eigenvalue weighted by Crippen LogP contribution is -2.33. The van der Waals surface area contributed by atoms with E-state index in [2.05, 4.69) is 6.92 Å². The number of hydrogen-bond acceptors (Lipinski definition) is 1. The van der Waals surface area contributed by atoms with Crippen LogP contribution in [0.2, 0.25) is 0 Å². The zero-order valence-corrected chi connectivity index (χ0v) is 4.91. The summed E-state index contributed by atoms with van der Waals surface area (Å²) in [5.41, 5.74) is 6.01. The van der Waals surface area contributed by atoms with Gasteiger partial charge in [0.05, 0.1) is 0 Å². The minimum Gasteiger partial charge on any atom is -0.330 e. The molecule has 2 N–H and O–H groups in total. The average molecular weight is 99.2 g/mol. The van der Waals surface area contributed by atoms with E-state index in [1.54, 1.807) is 0 Å². The summed E-state index contributed by atoms with van der Waals surface area (Å²) in [5.74, 6) is 0. The van der Waals surface area contributed by atoms with Crippen LogP contribution in [0.25, 0.3) is 0 Å². The van der Waals surface area contributed by atoms with Crippen LogP contribution in [0.15, 0.2) is 0 Å². The summed E-state index contributed by atoms with van der Waals surface area (Å²) in [5, 5.41) is 0. The molecule has 0 aromatic heterocycles. The number of rotatable bonds is 1. The quantitative estimate of drug-likeness (QED) is 0.524. The van der Waals surface area contributed by atoms with Crippen LogP contribution >= 0.6 is 0 Å². The van der Waals surface area contributed by atoms with Crippen molar-refractivity contribution in [2.75, 3.05) is 6.54 Å². The normalized spacial score (nSPS) is 26.6. The Morgan fingerprint density at radius 3 is 2.14 bits per heavy atom. The zero-order chi connectivity index (χ0) is 5.33. The molecule has 1 aliphatic carbocycles. The predicted molar refractivity (Wildman–Crippen MR) is 31.0 cm³/mol. The molecule has 1 nitrogen and oxygen atoms in total. The second-order valence-electron chi connectivity index (χ2n) is 2.87. The molecule has 0 unspecified atom stereocenters. The Morgan fingerprint density at radius 1 is 1.57 bits per heavy atom. The van der Waals surface area contributed by atoms with Crippen molar-refractivity contribution >= 4 is 0 Å². The number of nitrogens with two attached hydrogens (primary N) is 1. The highest BCUT2D eigenvalue weighted by Crippen LogP contribution is 2.38. The van der Waals surface area contributed by atoms with Crippen LogP contribution in [-0.2, 0) is 0 Å². The third kappa shape index (κ3) is 0.778. The first-order chi connectivity index (χ1) is 3.27. The molecule has 0 saturated heterocycles. The molecule has 0 amide bonds. The van der Waals surface area contributed by atoms with Crippen molar-refractivity contribution in [3.63, 3.8) is 0 Å². The molecule has 7 heavy (non-hydrogen) atoms. The Bertz CT molecular complexity index is 59.1. The maximum Gasteiger partial charge on any atom is -0.00232 e. The van der Waals surface area contributed by atoms with Gasteiger partial charge in [0, 0.05) is 0 Å². The largest absolute Gasteiger partial charge is 0.330 e. The highest BCUT2D eigenvalue weighted by Gasteiger charge is 2.29. The molecule has 1 saturated carbocycles. The zero-order valence-electron chi connectivity index (χ0n) is 4.91. The standard InChI is InChI=1S/C6H13N/c1-6(5-7)3-2-4-6/h2-5,7H2,1H3. The Labute approximate surface area is 44.9 Å². The minimum atomic E-state index is 0.542. The maximum absolute atomic E-state index is 5.47. The van der Waals surface area contributed by atoms with Crippen molar-refractivity contribution in [3.8, 4) is 0 Å². The van der Waals surface area contributed by atoms with Gasteiger partial charge in [-0.1, -0.05) is 13.3 Å². The van der Waals surface area contributed by atoms with Gasteiger partial charge in [0.15, 0.2) is 0 Å². The Balaban J connectivity index is 2.29. The molecular weight excluding hydrogens is 86.1 g/mol. The monoisotopic (exact) mass is 99.1 g/mol. The van der Waals surface area contributed by atoms with Gasteiger partial charge in [0.1, 0.15) is 0 Å². The molecule has 0 bridgehead atoms. The molecule has 42 valence electrons. The first kappa shape index (κ1) is 5.10. The van der Waals surface area contributed by atoms with Crippen molar-refractivity contribution < 1.29 is 0 Å². The summed E-state index contributed by atoms with van der Waals surface area (Å²) in [6.07, 6.45) is 4.10. The molecule has 0 spiro atoms. The lowest BCUT2D eigenvalue weighted by Gasteiger charge is -2.36. The number of hydrogen-bond donors (Lipinski definition) is 1. The molecule has 0 aromatic carbocycles. The third-order valence-electron chi connectivity index (χ3n) is 2.05. The van der Waals surface area contributed by atoms with Crippen molar-refractivity contribution in [3.05, 3.63) is 0 Å². The van der Waals surface area contributed by atoms with Crippen molar-refractivity contribution in [2.45, 2.75) is 26.2 Å². The van der Waals surface area contributed by atoms with Gasteiger partial charge in [0.25, 0.3) is 0 Å². The second-order valence-corrected chi connectivity index (χ2v) is 2.87. The van der Waals surface area contributed by atoms with E-state index in [0.717, 1.165) is 6.54 Å². The maximum atomic E-state index is 5.47. The lowest BCUT2D eigenvalue weighted by molar-refractivity contribution is 0.173. The summed E-state index contributed by atoms with van der Waals surface area (Å²) in [4.78, 5) is 0. The molecule has 0 aliphatic heterocycles. The molecule has 1 aliphatic rings. The summed E-state index contributed by atoms with van der Waals surface area (Å²) in [6, 6.07) is 0. The topological polar surface area (TPSA) is 26.0 Å². The molecule has 1 rings (SSSR count). The van der Waals surface area contributed by atoms with E-state index in [1.807, 2.05) is 0 Å².